The number of nitrogens with two attached hydrogens (primary N) is 1. The predicted molar refractivity (Wildman–Crippen MR) is 98.0 cm³/mol. The molecule has 0 amide bonds. The smallest absolute Gasteiger partial charge is 0.375 e. The van der Waals surface area contributed by atoms with Gasteiger partial charge in [0, 0.05) is 0 Å². The molecule has 1 aliphatic rings. The molecule has 0 heterocycles. The zero-order chi connectivity index (χ0) is 19.2. The van der Waals surface area contributed by atoms with E-state index in [1.807, 2.05) is 24.3 Å². The van der Waals surface area contributed by atoms with Crippen LogP contribution in [-0.2, 0) is 12.0 Å². The van der Waals surface area contributed by atoms with Gasteiger partial charge in [0.15, 0.2) is 0 Å². The fourth-order valence-electron chi connectivity index (χ4n) is 3.91. The molecule has 1 aliphatic carbocycles. The Balaban J connectivity index is 1.92. The number of fused-ring (bicyclic) bond motifs is 3. The molecule has 2 atom stereocenters. The standard InChI is InChI=1S/C22H18F3NO/c23-22(24,25)21(27,20(26)14-7-2-1-3-8-14)19-12-6-11-17-16-10-5-4-9-15(16)13-18(17)19/h1-12,20,27H,13,26H2. The van der Waals surface area contributed by atoms with Crippen molar-refractivity contribution in [3.05, 3.63) is 95.1 Å². The fraction of sp³-hybridized carbons (Fsp3) is 0.182. The van der Waals surface area contributed by atoms with Crippen molar-refractivity contribution < 1.29 is 18.3 Å². The van der Waals surface area contributed by atoms with Crippen LogP contribution in [0.15, 0.2) is 72.8 Å². The van der Waals surface area contributed by atoms with E-state index in [2.05, 4.69) is 0 Å². The molecule has 0 spiro atoms. The first-order chi connectivity index (χ1) is 12.8. The van der Waals surface area contributed by atoms with Crippen molar-refractivity contribution in [2.24, 2.45) is 5.73 Å². The molecule has 2 unspecified atom stereocenters. The molecule has 3 N–H and O–H groups in total. The molecule has 5 heteroatoms. The molecule has 2 nitrogen and oxygen atoms in total. The lowest BCUT2D eigenvalue weighted by molar-refractivity contribution is -0.276. The summed E-state index contributed by atoms with van der Waals surface area (Å²) in [6.45, 7) is 0. The van der Waals surface area contributed by atoms with Crippen LogP contribution in [0.5, 0.6) is 0 Å². The second kappa shape index (κ2) is 6.22. The molecular weight excluding hydrogens is 351 g/mol. The van der Waals surface area contributed by atoms with Crippen LogP contribution in [-0.4, -0.2) is 11.3 Å². The van der Waals surface area contributed by atoms with Crippen molar-refractivity contribution in [1.82, 2.24) is 0 Å². The Morgan fingerprint density at radius 1 is 0.815 bits per heavy atom. The zero-order valence-electron chi connectivity index (χ0n) is 14.4. The van der Waals surface area contributed by atoms with Gasteiger partial charge in [0.05, 0.1) is 6.04 Å². The fourth-order valence-corrected chi connectivity index (χ4v) is 3.91. The topological polar surface area (TPSA) is 46.2 Å². The number of hydrogen-bond donors (Lipinski definition) is 2. The Morgan fingerprint density at radius 2 is 1.44 bits per heavy atom. The Labute approximate surface area is 155 Å². The number of halogens is 3. The molecule has 0 aromatic heterocycles. The average molecular weight is 369 g/mol. The number of alkyl halides is 3. The van der Waals surface area contributed by atoms with E-state index >= 15 is 0 Å². The van der Waals surface area contributed by atoms with Crippen molar-refractivity contribution in [3.63, 3.8) is 0 Å². The normalized spacial score (nSPS) is 16.3. The van der Waals surface area contributed by atoms with E-state index in [1.54, 1.807) is 30.3 Å². The summed E-state index contributed by atoms with van der Waals surface area (Å²) >= 11 is 0. The maximum absolute atomic E-state index is 14.2. The summed E-state index contributed by atoms with van der Waals surface area (Å²) in [6.07, 6.45) is -4.60. The number of hydrogen-bond acceptors (Lipinski definition) is 2. The quantitative estimate of drug-likeness (QED) is 0.549. The van der Waals surface area contributed by atoms with Crippen LogP contribution in [0.3, 0.4) is 0 Å². The van der Waals surface area contributed by atoms with Crippen LogP contribution >= 0.6 is 0 Å². The van der Waals surface area contributed by atoms with Gasteiger partial charge in [0.25, 0.3) is 0 Å². The lowest BCUT2D eigenvalue weighted by Gasteiger charge is -2.37. The minimum absolute atomic E-state index is 0.181. The lowest BCUT2D eigenvalue weighted by Crippen LogP contribution is -2.51. The highest BCUT2D eigenvalue weighted by atomic mass is 19.4. The lowest BCUT2D eigenvalue weighted by atomic mass is 9.79. The summed E-state index contributed by atoms with van der Waals surface area (Å²) < 4.78 is 42.6. The van der Waals surface area contributed by atoms with E-state index in [4.69, 9.17) is 5.73 Å². The first kappa shape index (κ1) is 17.8. The largest absolute Gasteiger partial charge is 0.423 e. The van der Waals surface area contributed by atoms with Crippen LogP contribution in [0.1, 0.15) is 28.3 Å². The summed E-state index contributed by atoms with van der Waals surface area (Å²) in [5.41, 5.74) is 5.90. The molecule has 0 fully saturated rings. The van der Waals surface area contributed by atoms with Crippen molar-refractivity contribution in [2.45, 2.75) is 24.2 Å². The molecule has 27 heavy (non-hydrogen) atoms. The van der Waals surface area contributed by atoms with Crippen LogP contribution in [0.2, 0.25) is 0 Å². The highest BCUT2D eigenvalue weighted by Crippen LogP contribution is 2.50. The first-order valence-corrected chi connectivity index (χ1v) is 8.64. The molecule has 0 aliphatic heterocycles. The SMILES string of the molecule is NC(c1ccccc1)C(O)(c1cccc2c1Cc1ccccc1-2)C(F)(F)F. The molecule has 3 aromatic carbocycles. The van der Waals surface area contributed by atoms with Gasteiger partial charge < -0.3 is 10.8 Å². The van der Waals surface area contributed by atoms with Gasteiger partial charge in [-0.2, -0.15) is 13.2 Å². The van der Waals surface area contributed by atoms with Gasteiger partial charge in [-0.3, -0.25) is 0 Å². The predicted octanol–water partition coefficient (Wildman–Crippen LogP) is 4.71. The van der Waals surface area contributed by atoms with Crippen molar-refractivity contribution in [1.29, 1.82) is 0 Å². The Kier molecular flexibility index (Phi) is 4.09. The van der Waals surface area contributed by atoms with Gasteiger partial charge in [-0.1, -0.05) is 72.8 Å². The Hall–Kier alpha value is -2.63. The zero-order valence-corrected chi connectivity index (χ0v) is 14.4. The molecule has 0 saturated heterocycles. The second-order valence-corrected chi connectivity index (χ2v) is 6.82. The maximum Gasteiger partial charge on any atom is 0.423 e. The van der Waals surface area contributed by atoms with Gasteiger partial charge in [-0.05, 0) is 39.8 Å². The van der Waals surface area contributed by atoms with Gasteiger partial charge in [-0.25, -0.2) is 0 Å². The third-order valence-corrected chi connectivity index (χ3v) is 5.30. The summed E-state index contributed by atoms with van der Waals surface area (Å²) in [6, 6.07) is 18.4. The van der Waals surface area contributed by atoms with Gasteiger partial charge in [0.2, 0.25) is 5.60 Å². The highest BCUT2D eigenvalue weighted by molar-refractivity contribution is 5.78. The van der Waals surface area contributed by atoms with E-state index in [0.29, 0.717) is 17.5 Å². The summed E-state index contributed by atoms with van der Waals surface area (Å²) in [7, 11) is 0. The monoisotopic (exact) mass is 369 g/mol. The van der Waals surface area contributed by atoms with Gasteiger partial charge in [0.1, 0.15) is 0 Å². The molecule has 4 rings (SSSR count). The Bertz CT molecular complexity index is 984. The summed E-state index contributed by atoms with van der Waals surface area (Å²) in [5.74, 6) is 0. The Morgan fingerprint density at radius 3 is 2.15 bits per heavy atom. The van der Waals surface area contributed by atoms with Crippen LogP contribution in [0.25, 0.3) is 11.1 Å². The van der Waals surface area contributed by atoms with Crippen LogP contribution in [0, 0.1) is 0 Å². The molecule has 3 aromatic rings. The molecule has 0 radical (unpaired) electrons. The molecular formula is C22H18F3NO. The first-order valence-electron chi connectivity index (χ1n) is 8.64. The molecule has 0 bridgehead atoms. The second-order valence-electron chi connectivity index (χ2n) is 6.82. The number of benzene rings is 3. The minimum Gasteiger partial charge on any atom is -0.375 e. The third-order valence-electron chi connectivity index (χ3n) is 5.30. The van der Waals surface area contributed by atoms with Crippen molar-refractivity contribution >= 4 is 0 Å². The molecule has 138 valence electrons. The number of aliphatic hydroxyl groups is 1. The van der Waals surface area contributed by atoms with Crippen molar-refractivity contribution in [3.8, 4) is 11.1 Å². The van der Waals surface area contributed by atoms with Crippen LogP contribution in [0.4, 0.5) is 13.2 Å². The maximum atomic E-state index is 14.2. The minimum atomic E-state index is -4.94. The average Bonchev–Trinajstić information content (AvgIpc) is 3.05. The summed E-state index contributed by atoms with van der Waals surface area (Å²) in [4.78, 5) is 0. The van der Waals surface area contributed by atoms with E-state index in [-0.39, 0.29) is 11.1 Å². The van der Waals surface area contributed by atoms with E-state index in [0.717, 1.165) is 11.1 Å². The van der Waals surface area contributed by atoms with E-state index in [9.17, 15) is 18.3 Å². The highest BCUT2D eigenvalue weighted by Gasteiger charge is 2.60. The number of rotatable bonds is 3. The van der Waals surface area contributed by atoms with Gasteiger partial charge >= 0.3 is 6.18 Å². The summed E-state index contributed by atoms with van der Waals surface area (Å²) in [5, 5.41) is 11.0. The van der Waals surface area contributed by atoms with Gasteiger partial charge in [-0.15, -0.1) is 0 Å². The van der Waals surface area contributed by atoms with E-state index in [1.165, 1.54) is 18.2 Å². The van der Waals surface area contributed by atoms with E-state index < -0.39 is 17.8 Å². The van der Waals surface area contributed by atoms with Crippen LogP contribution < -0.4 is 5.73 Å². The van der Waals surface area contributed by atoms with Crippen molar-refractivity contribution in [2.75, 3.05) is 0 Å². The third kappa shape index (κ3) is 2.66. The molecule has 0 saturated carbocycles.